The molecule has 108 valence electrons. The minimum atomic E-state index is -3.40. The van der Waals surface area contributed by atoms with E-state index in [0.29, 0.717) is 12.2 Å². The number of aromatic nitrogens is 2. The van der Waals surface area contributed by atoms with Gasteiger partial charge in [-0.2, -0.15) is 5.10 Å². The van der Waals surface area contributed by atoms with E-state index in [-0.39, 0.29) is 12.2 Å². The van der Waals surface area contributed by atoms with Crippen LogP contribution in [0, 0.1) is 6.92 Å². The molecule has 0 spiro atoms. The third kappa shape index (κ3) is 4.05. The summed E-state index contributed by atoms with van der Waals surface area (Å²) in [5, 5.41) is 3.45. The number of aryl methyl sites for hydroxylation is 2. The summed E-state index contributed by atoms with van der Waals surface area (Å²) in [6.45, 7) is 5.86. The predicted molar refractivity (Wildman–Crippen MR) is 71.4 cm³/mol. The summed E-state index contributed by atoms with van der Waals surface area (Å²) in [5.74, 6) is -0.629. The molecule has 0 saturated heterocycles. The Bertz CT molecular complexity index is 548. The van der Waals surface area contributed by atoms with Crippen LogP contribution in [-0.4, -0.2) is 36.5 Å². The van der Waals surface area contributed by atoms with Gasteiger partial charge >= 0.3 is 5.97 Å². The lowest BCUT2D eigenvalue weighted by Gasteiger charge is -2.12. The number of sulfone groups is 1. The second-order valence-corrected chi connectivity index (χ2v) is 6.91. The van der Waals surface area contributed by atoms with Gasteiger partial charge < -0.3 is 4.74 Å². The van der Waals surface area contributed by atoms with Crippen LogP contribution < -0.4 is 0 Å². The molecule has 0 amide bonds. The van der Waals surface area contributed by atoms with Gasteiger partial charge in [0.2, 0.25) is 0 Å². The second-order valence-electron chi connectivity index (χ2n) is 4.49. The van der Waals surface area contributed by atoms with Crippen molar-refractivity contribution in [2.75, 3.05) is 7.11 Å². The van der Waals surface area contributed by atoms with Gasteiger partial charge in [-0.15, -0.1) is 0 Å². The van der Waals surface area contributed by atoms with Gasteiger partial charge in [0.05, 0.1) is 35.9 Å². The van der Waals surface area contributed by atoms with Gasteiger partial charge in [0.1, 0.15) is 0 Å². The maximum atomic E-state index is 12.2. The van der Waals surface area contributed by atoms with Crippen molar-refractivity contribution >= 4 is 15.8 Å². The highest BCUT2D eigenvalue weighted by molar-refractivity contribution is 7.91. The van der Waals surface area contributed by atoms with Gasteiger partial charge in [-0.3, -0.25) is 9.48 Å². The van der Waals surface area contributed by atoms with E-state index < -0.39 is 21.1 Å². The fourth-order valence-corrected chi connectivity index (χ4v) is 3.10. The lowest BCUT2D eigenvalue weighted by molar-refractivity contribution is -0.140. The summed E-state index contributed by atoms with van der Waals surface area (Å²) in [4.78, 5) is 11.1. The molecule has 1 aromatic heterocycles. The van der Waals surface area contributed by atoms with E-state index in [4.69, 9.17) is 0 Å². The second kappa shape index (κ2) is 6.18. The lowest BCUT2D eigenvalue weighted by Crippen LogP contribution is -2.24. The van der Waals surface area contributed by atoms with Gasteiger partial charge in [0.25, 0.3) is 0 Å². The van der Waals surface area contributed by atoms with Crippen molar-refractivity contribution in [1.29, 1.82) is 0 Å². The molecule has 0 aliphatic heterocycles. The molecular weight excluding hydrogens is 268 g/mol. The normalized spacial score (nSPS) is 13.3. The largest absolute Gasteiger partial charge is 0.469 e. The Labute approximate surface area is 113 Å². The Morgan fingerprint density at radius 3 is 2.68 bits per heavy atom. The minimum absolute atomic E-state index is 0.111. The minimum Gasteiger partial charge on any atom is -0.469 e. The number of carbonyl (C=O) groups excluding carboxylic acids is 1. The molecule has 1 heterocycles. The molecule has 0 fully saturated rings. The van der Waals surface area contributed by atoms with Crippen molar-refractivity contribution in [3.05, 3.63) is 17.5 Å². The first-order valence-corrected chi connectivity index (χ1v) is 7.83. The highest BCUT2D eigenvalue weighted by atomic mass is 32.2. The molecule has 1 unspecified atom stereocenters. The summed E-state index contributed by atoms with van der Waals surface area (Å²) >= 11 is 0. The molecule has 7 heteroatoms. The Morgan fingerprint density at radius 1 is 1.53 bits per heavy atom. The first-order valence-electron chi connectivity index (χ1n) is 6.11. The Morgan fingerprint density at radius 2 is 2.16 bits per heavy atom. The fraction of sp³-hybridized carbons (Fsp3) is 0.667. The molecule has 0 saturated carbocycles. The summed E-state index contributed by atoms with van der Waals surface area (Å²) in [5.41, 5.74) is 1.43. The number of carbonyl (C=O) groups is 1. The Hall–Kier alpha value is -1.37. The van der Waals surface area contributed by atoms with E-state index in [1.165, 1.54) is 14.0 Å². The van der Waals surface area contributed by atoms with Crippen molar-refractivity contribution in [3.63, 3.8) is 0 Å². The van der Waals surface area contributed by atoms with E-state index in [1.807, 2.05) is 13.8 Å². The number of methoxy groups -OCH3 is 1. The maximum absolute atomic E-state index is 12.2. The summed E-state index contributed by atoms with van der Waals surface area (Å²) in [6, 6.07) is 1.76. The van der Waals surface area contributed by atoms with Crippen molar-refractivity contribution in [2.45, 2.75) is 44.7 Å². The maximum Gasteiger partial charge on any atom is 0.306 e. The van der Waals surface area contributed by atoms with Crippen LogP contribution in [0.2, 0.25) is 0 Å². The van der Waals surface area contributed by atoms with Crippen LogP contribution in [0.1, 0.15) is 31.7 Å². The molecule has 0 aromatic carbocycles. The van der Waals surface area contributed by atoms with Crippen molar-refractivity contribution in [2.24, 2.45) is 0 Å². The zero-order chi connectivity index (χ0) is 14.6. The molecule has 1 atom stereocenters. The highest BCUT2D eigenvalue weighted by Gasteiger charge is 2.25. The van der Waals surface area contributed by atoms with E-state index >= 15 is 0 Å². The van der Waals surface area contributed by atoms with Crippen molar-refractivity contribution in [1.82, 2.24) is 9.78 Å². The molecule has 19 heavy (non-hydrogen) atoms. The molecule has 0 aliphatic rings. The number of esters is 1. The fourth-order valence-electron chi connectivity index (χ4n) is 1.78. The Kier molecular flexibility index (Phi) is 5.11. The lowest BCUT2D eigenvalue weighted by atomic mass is 10.3. The molecule has 0 radical (unpaired) electrons. The average Bonchev–Trinajstić information content (AvgIpc) is 2.68. The summed E-state index contributed by atoms with van der Waals surface area (Å²) in [7, 11) is -2.15. The van der Waals surface area contributed by atoms with Crippen LogP contribution in [-0.2, 0) is 31.7 Å². The highest BCUT2D eigenvalue weighted by Crippen LogP contribution is 2.15. The Balaban J connectivity index is 2.87. The van der Waals surface area contributed by atoms with Crippen molar-refractivity contribution in [3.8, 4) is 0 Å². The van der Waals surface area contributed by atoms with Crippen LogP contribution in [0.15, 0.2) is 6.07 Å². The molecule has 6 nitrogen and oxygen atoms in total. The van der Waals surface area contributed by atoms with Crippen LogP contribution >= 0.6 is 0 Å². The molecule has 0 N–H and O–H groups in total. The van der Waals surface area contributed by atoms with Gasteiger partial charge in [0.15, 0.2) is 9.84 Å². The summed E-state index contributed by atoms with van der Waals surface area (Å²) < 4.78 is 30.5. The van der Waals surface area contributed by atoms with Crippen LogP contribution in [0.4, 0.5) is 0 Å². The number of hydrogen-bond acceptors (Lipinski definition) is 5. The third-order valence-electron chi connectivity index (χ3n) is 2.93. The molecule has 1 rings (SSSR count). The van der Waals surface area contributed by atoms with Gasteiger partial charge in [0, 0.05) is 6.54 Å². The number of ether oxygens (including phenoxy) is 1. The first kappa shape index (κ1) is 15.7. The topological polar surface area (TPSA) is 78.3 Å². The zero-order valence-corrected chi connectivity index (χ0v) is 12.5. The van der Waals surface area contributed by atoms with Crippen LogP contribution in [0.25, 0.3) is 0 Å². The SMILES string of the molecule is CCn1nc(C)cc1CS(=O)(=O)C(C)CC(=O)OC. The zero-order valence-electron chi connectivity index (χ0n) is 11.7. The molecular formula is C12H20N2O4S. The van der Waals surface area contributed by atoms with E-state index in [2.05, 4.69) is 9.84 Å². The molecule has 0 bridgehead atoms. The standard InChI is InChI=1S/C12H20N2O4S/c1-5-14-11(6-9(2)13-14)8-19(16,17)10(3)7-12(15)18-4/h6,10H,5,7-8H2,1-4H3. The van der Waals surface area contributed by atoms with Gasteiger partial charge in [-0.05, 0) is 26.8 Å². The number of nitrogens with zero attached hydrogens (tertiary/aromatic N) is 2. The van der Waals surface area contributed by atoms with E-state index in [1.54, 1.807) is 10.7 Å². The monoisotopic (exact) mass is 288 g/mol. The molecule has 0 aliphatic carbocycles. The van der Waals surface area contributed by atoms with Crippen molar-refractivity contribution < 1.29 is 17.9 Å². The van der Waals surface area contributed by atoms with Gasteiger partial charge in [-0.25, -0.2) is 8.42 Å². The van der Waals surface area contributed by atoms with Crippen LogP contribution in [0.5, 0.6) is 0 Å². The number of hydrogen-bond donors (Lipinski definition) is 0. The summed E-state index contributed by atoms with van der Waals surface area (Å²) in [6.07, 6.45) is -0.127. The smallest absolute Gasteiger partial charge is 0.306 e. The number of rotatable bonds is 6. The van der Waals surface area contributed by atoms with E-state index in [0.717, 1.165) is 5.69 Å². The van der Waals surface area contributed by atoms with Crippen LogP contribution in [0.3, 0.4) is 0 Å². The quantitative estimate of drug-likeness (QED) is 0.732. The predicted octanol–water partition coefficient (Wildman–Crippen LogP) is 1.08. The first-order chi connectivity index (χ1) is 8.80. The van der Waals surface area contributed by atoms with E-state index in [9.17, 15) is 13.2 Å². The average molecular weight is 288 g/mol. The third-order valence-corrected chi connectivity index (χ3v) is 5.02. The van der Waals surface area contributed by atoms with Gasteiger partial charge in [-0.1, -0.05) is 0 Å². The molecule has 1 aromatic rings.